The second-order valence-corrected chi connectivity index (χ2v) is 5.59. The number of nitrogens with zero attached hydrogens (tertiary/aromatic N) is 1. The molecule has 1 N–H and O–H groups in total. The smallest absolute Gasteiger partial charge is 0.257 e. The minimum Gasteiger partial charge on any atom is -0.496 e. The average Bonchev–Trinajstić information content (AvgIpc) is 2.59. The monoisotopic (exact) mass is 313 g/mol. The van der Waals surface area contributed by atoms with Crippen LogP contribution in [0.4, 0.5) is 0 Å². The molecule has 1 amide bonds. The van der Waals surface area contributed by atoms with E-state index in [2.05, 4.69) is 0 Å². The molecular weight excluding hydrogens is 290 g/mol. The summed E-state index contributed by atoms with van der Waals surface area (Å²) in [6.45, 7) is 2.36. The Morgan fingerprint density at radius 1 is 1.17 bits per heavy atom. The molecule has 0 fully saturated rings. The zero-order chi connectivity index (χ0) is 16.8. The van der Waals surface area contributed by atoms with Crippen molar-refractivity contribution in [3.05, 3.63) is 65.2 Å². The van der Waals surface area contributed by atoms with Gasteiger partial charge in [0.1, 0.15) is 5.75 Å². The fourth-order valence-corrected chi connectivity index (χ4v) is 2.54. The first kappa shape index (κ1) is 17.0. The van der Waals surface area contributed by atoms with E-state index in [9.17, 15) is 9.90 Å². The lowest BCUT2D eigenvalue weighted by Gasteiger charge is -2.21. The molecule has 1 atom stereocenters. The number of carbonyl (C=O) groups is 1. The molecule has 4 heteroatoms. The van der Waals surface area contributed by atoms with Gasteiger partial charge in [-0.2, -0.15) is 0 Å². The maximum atomic E-state index is 12.7. The van der Waals surface area contributed by atoms with Crippen LogP contribution in [-0.2, 0) is 0 Å². The van der Waals surface area contributed by atoms with Crippen molar-refractivity contribution in [2.24, 2.45) is 0 Å². The second-order valence-electron chi connectivity index (χ2n) is 5.59. The van der Waals surface area contributed by atoms with Crippen molar-refractivity contribution in [1.29, 1.82) is 0 Å². The SMILES string of the molecule is COc1cccc(C)c1C(=O)N(C)CCC(O)c1ccccc1. The summed E-state index contributed by atoms with van der Waals surface area (Å²) < 4.78 is 5.30. The number of ether oxygens (including phenoxy) is 1. The highest BCUT2D eigenvalue weighted by molar-refractivity contribution is 5.98. The number of rotatable bonds is 6. The predicted molar refractivity (Wildman–Crippen MR) is 90.7 cm³/mol. The number of carbonyl (C=O) groups excluding carboxylic acids is 1. The molecule has 0 bridgehead atoms. The molecule has 23 heavy (non-hydrogen) atoms. The van der Waals surface area contributed by atoms with Gasteiger partial charge in [-0.05, 0) is 30.5 Å². The molecule has 0 saturated carbocycles. The maximum Gasteiger partial charge on any atom is 0.257 e. The Kier molecular flexibility index (Phi) is 5.77. The van der Waals surface area contributed by atoms with Gasteiger partial charge in [0.15, 0.2) is 0 Å². The number of aliphatic hydroxyl groups is 1. The van der Waals surface area contributed by atoms with Gasteiger partial charge >= 0.3 is 0 Å². The third-order valence-electron chi connectivity index (χ3n) is 3.94. The number of hydrogen-bond donors (Lipinski definition) is 1. The van der Waals surface area contributed by atoms with Crippen LogP contribution in [0.3, 0.4) is 0 Å². The molecule has 2 aromatic rings. The standard InChI is InChI=1S/C19H23NO3/c1-14-8-7-11-17(23-3)18(14)19(22)20(2)13-12-16(21)15-9-5-4-6-10-15/h4-11,16,21H,12-13H2,1-3H3. The van der Waals surface area contributed by atoms with Crippen LogP contribution in [0.1, 0.15) is 34.0 Å². The Morgan fingerprint density at radius 2 is 1.87 bits per heavy atom. The second kappa shape index (κ2) is 7.79. The third kappa shape index (κ3) is 4.11. The van der Waals surface area contributed by atoms with E-state index in [0.717, 1.165) is 11.1 Å². The lowest BCUT2D eigenvalue weighted by Crippen LogP contribution is -2.29. The van der Waals surface area contributed by atoms with Crippen LogP contribution in [0.5, 0.6) is 5.75 Å². The third-order valence-corrected chi connectivity index (χ3v) is 3.94. The van der Waals surface area contributed by atoms with Crippen LogP contribution in [0.2, 0.25) is 0 Å². The highest BCUT2D eigenvalue weighted by Gasteiger charge is 2.19. The number of methoxy groups -OCH3 is 1. The van der Waals surface area contributed by atoms with Crippen LogP contribution in [0.25, 0.3) is 0 Å². The summed E-state index contributed by atoms with van der Waals surface area (Å²) >= 11 is 0. The van der Waals surface area contributed by atoms with E-state index >= 15 is 0 Å². The van der Waals surface area contributed by atoms with E-state index in [-0.39, 0.29) is 5.91 Å². The van der Waals surface area contributed by atoms with Crippen LogP contribution in [-0.4, -0.2) is 36.6 Å². The molecule has 0 aliphatic carbocycles. The quantitative estimate of drug-likeness (QED) is 0.891. The minimum atomic E-state index is -0.579. The van der Waals surface area contributed by atoms with Crippen LogP contribution in [0.15, 0.2) is 48.5 Å². The summed E-state index contributed by atoms with van der Waals surface area (Å²) in [5, 5.41) is 10.2. The zero-order valence-corrected chi connectivity index (χ0v) is 13.8. The molecule has 2 rings (SSSR count). The van der Waals surface area contributed by atoms with Crippen molar-refractivity contribution in [3.63, 3.8) is 0 Å². The Morgan fingerprint density at radius 3 is 2.52 bits per heavy atom. The van der Waals surface area contributed by atoms with Crippen molar-refractivity contribution in [1.82, 2.24) is 4.90 Å². The summed E-state index contributed by atoms with van der Waals surface area (Å²) in [6, 6.07) is 15.0. The number of aliphatic hydroxyl groups excluding tert-OH is 1. The first-order chi connectivity index (χ1) is 11.0. The normalized spacial score (nSPS) is 11.8. The first-order valence-electron chi connectivity index (χ1n) is 7.66. The average molecular weight is 313 g/mol. The predicted octanol–water partition coefficient (Wildman–Crippen LogP) is 3.20. The Labute approximate surface area is 137 Å². The Balaban J connectivity index is 2.04. The summed E-state index contributed by atoms with van der Waals surface area (Å²) in [5.74, 6) is 0.477. The van der Waals surface area contributed by atoms with Crippen molar-refractivity contribution in [2.45, 2.75) is 19.4 Å². The van der Waals surface area contributed by atoms with E-state index in [1.807, 2.05) is 49.4 Å². The first-order valence-corrected chi connectivity index (χ1v) is 7.66. The van der Waals surface area contributed by atoms with Crippen molar-refractivity contribution in [3.8, 4) is 5.75 Å². The number of hydrogen-bond acceptors (Lipinski definition) is 3. The van der Waals surface area contributed by atoms with Gasteiger partial charge in [0.05, 0.1) is 18.8 Å². The van der Waals surface area contributed by atoms with Gasteiger partial charge < -0.3 is 14.7 Å². The Hall–Kier alpha value is -2.33. The largest absolute Gasteiger partial charge is 0.496 e. The highest BCUT2D eigenvalue weighted by Crippen LogP contribution is 2.24. The highest BCUT2D eigenvalue weighted by atomic mass is 16.5. The molecule has 1 unspecified atom stereocenters. The van der Waals surface area contributed by atoms with Gasteiger partial charge in [-0.3, -0.25) is 4.79 Å². The number of aryl methyl sites for hydroxylation is 1. The molecule has 0 radical (unpaired) electrons. The van der Waals surface area contributed by atoms with Crippen molar-refractivity contribution in [2.75, 3.05) is 20.7 Å². The summed E-state index contributed by atoms with van der Waals surface area (Å²) in [4.78, 5) is 14.3. The molecule has 4 nitrogen and oxygen atoms in total. The molecule has 0 saturated heterocycles. The van der Waals surface area contributed by atoms with Crippen molar-refractivity contribution < 1.29 is 14.6 Å². The van der Waals surface area contributed by atoms with Crippen LogP contribution >= 0.6 is 0 Å². The topological polar surface area (TPSA) is 49.8 Å². The van der Waals surface area contributed by atoms with Crippen molar-refractivity contribution >= 4 is 5.91 Å². The van der Waals surface area contributed by atoms with Crippen LogP contribution in [0, 0.1) is 6.92 Å². The molecular formula is C19H23NO3. The minimum absolute atomic E-state index is 0.0970. The lowest BCUT2D eigenvalue weighted by molar-refractivity contribution is 0.0757. The van der Waals surface area contributed by atoms with E-state index < -0.39 is 6.10 Å². The molecule has 0 heterocycles. The molecule has 0 aliphatic rings. The summed E-state index contributed by atoms with van der Waals surface area (Å²) in [6.07, 6.45) is -0.0919. The summed E-state index contributed by atoms with van der Waals surface area (Å²) in [5.41, 5.74) is 2.32. The number of amides is 1. The lowest BCUT2D eigenvalue weighted by atomic mass is 10.0. The Bertz CT molecular complexity index is 655. The molecule has 2 aromatic carbocycles. The summed E-state index contributed by atoms with van der Waals surface area (Å²) in [7, 11) is 3.30. The van der Waals surface area contributed by atoms with Gasteiger partial charge in [-0.25, -0.2) is 0 Å². The van der Waals surface area contributed by atoms with E-state index in [1.165, 1.54) is 0 Å². The molecule has 0 aliphatic heterocycles. The fourth-order valence-electron chi connectivity index (χ4n) is 2.54. The molecule has 0 spiro atoms. The van der Waals surface area contributed by atoms with E-state index in [4.69, 9.17) is 4.74 Å². The fraction of sp³-hybridized carbons (Fsp3) is 0.316. The molecule has 0 aromatic heterocycles. The van der Waals surface area contributed by atoms with Crippen LogP contribution < -0.4 is 4.74 Å². The number of benzene rings is 2. The van der Waals surface area contributed by atoms with E-state index in [0.29, 0.717) is 24.3 Å². The van der Waals surface area contributed by atoms with Gasteiger partial charge in [0.2, 0.25) is 0 Å². The van der Waals surface area contributed by atoms with Gasteiger partial charge in [0, 0.05) is 13.6 Å². The zero-order valence-electron chi connectivity index (χ0n) is 13.8. The van der Waals surface area contributed by atoms with E-state index in [1.54, 1.807) is 25.1 Å². The van der Waals surface area contributed by atoms with Gasteiger partial charge in [-0.15, -0.1) is 0 Å². The molecule has 122 valence electrons. The van der Waals surface area contributed by atoms with Gasteiger partial charge in [0.25, 0.3) is 5.91 Å². The van der Waals surface area contributed by atoms with Gasteiger partial charge in [-0.1, -0.05) is 42.5 Å². The maximum absolute atomic E-state index is 12.7.